The number of pyridine rings is 1. The molecular weight excluding hydrogens is 346 g/mol. The third kappa shape index (κ3) is 5.90. The summed E-state index contributed by atoms with van der Waals surface area (Å²) >= 11 is 0. The van der Waals surface area contributed by atoms with E-state index in [1.165, 1.54) is 6.20 Å². The lowest BCUT2D eigenvalue weighted by molar-refractivity contribution is 0.0252. The Hall–Kier alpha value is -2.19. The quantitative estimate of drug-likeness (QED) is 0.612. The predicted molar refractivity (Wildman–Crippen MR) is 102 cm³/mol. The molecule has 0 atom stereocenters. The first-order valence-corrected chi connectivity index (χ1v) is 9.71. The number of rotatable bonds is 7. The van der Waals surface area contributed by atoms with Crippen molar-refractivity contribution in [1.29, 1.82) is 0 Å². The van der Waals surface area contributed by atoms with E-state index in [0.717, 1.165) is 58.5 Å². The van der Waals surface area contributed by atoms with Crippen molar-refractivity contribution in [1.82, 2.24) is 25.8 Å². The van der Waals surface area contributed by atoms with Gasteiger partial charge in [-0.15, -0.1) is 0 Å². The molecule has 8 heteroatoms. The predicted octanol–water partition coefficient (Wildman–Crippen LogP) is 0.756. The van der Waals surface area contributed by atoms with Crippen LogP contribution in [0.1, 0.15) is 36.0 Å². The fourth-order valence-electron chi connectivity index (χ4n) is 3.80. The Labute approximate surface area is 160 Å². The van der Waals surface area contributed by atoms with Gasteiger partial charge < -0.3 is 20.7 Å². The summed E-state index contributed by atoms with van der Waals surface area (Å²) in [7, 11) is 0. The first kappa shape index (κ1) is 19.6. The van der Waals surface area contributed by atoms with E-state index in [4.69, 9.17) is 4.74 Å². The maximum atomic E-state index is 12.4. The van der Waals surface area contributed by atoms with Crippen molar-refractivity contribution in [2.24, 2.45) is 0 Å². The highest BCUT2D eigenvalue weighted by molar-refractivity contribution is 5.93. The van der Waals surface area contributed by atoms with Crippen LogP contribution < -0.4 is 16.0 Å². The molecule has 2 aliphatic rings. The second kappa shape index (κ2) is 9.66. The zero-order valence-corrected chi connectivity index (χ0v) is 15.7. The second-order valence-corrected chi connectivity index (χ2v) is 7.25. The first-order valence-electron chi connectivity index (χ1n) is 9.71. The largest absolute Gasteiger partial charge is 0.379 e. The summed E-state index contributed by atoms with van der Waals surface area (Å²) in [5.41, 5.74) is 0.359. The molecule has 27 heavy (non-hydrogen) atoms. The van der Waals surface area contributed by atoms with Crippen LogP contribution in [0, 0.1) is 0 Å². The third-order valence-corrected chi connectivity index (χ3v) is 5.19. The van der Waals surface area contributed by atoms with Crippen LogP contribution in [-0.2, 0) is 4.74 Å². The van der Waals surface area contributed by atoms with E-state index in [0.29, 0.717) is 18.7 Å². The van der Waals surface area contributed by atoms with Gasteiger partial charge in [0.25, 0.3) is 5.91 Å². The van der Waals surface area contributed by atoms with Crippen LogP contribution in [0.4, 0.5) is 4.79 Å². The number of hydrogen-bond donors (Lipinski definition) is 3. The highest BCUT2D eigenvalue weighted by Crippen LogP contribution is 2.30. The van der Waals surface area contributed by atoms with E-state index in [1.807, 2.05) is 0 Å². The summed E-state index contributed by atoms with van der Waals surface area (Å²) in [5.74, 6) is -0.190. The van der Waals surface area contributed by atoms with Gasteiger partial charge in [0.2, 0.25) is 0 Å². The number of urea groups is 1. The summed E-state index contributed by atoms with van der Waals surface area (Å²) in [5, 5.41) is 8.84. The Morgan fingerprint density at radius 3 is 2.59 bits per heavy atom. The molecule has 1 saturated heterocycles. The molecule has 148 valence electrons. The lowest BCUT2D eigenvalue weighted by atomic mass is 9.96. The van der Waals surface area contributed by atoms with Crippen LogP contribution in [0.15, 0.2) is 24.5 Å². The van der Waals surface area contributed by atoms with Crippen molar-refractivity contribution in [3.05, 3.63) is 30.1 Å². The first-order chi connectivity index (χ1) is 13.2. The highest BCUT2D eigenvalue weighted by atomic mass is 16.5. The molecule has 0 spiro atoms. The molecule has 3 N–H and O–H groups in total. The van der Waals surface area contributed by atoms with Gasteiger partial charge in [-0.1, -0.05) is 12.8 Å². The van der Waals surface area contributed by atoms with Crippen LogP contribution in [-0.4, -0.2) is 73.3 Å². The summed E-state index contributed by atoms with van der Waals surface area (Å²) in [6.45, 7) is 5.00. The monoisotopic (exact) mass is 375 g/mol. The van der Waals surface area contributed by atoms with E-state index in [9.17, 15) is 9.59 Å². The van der Waals surface area contributed by atoms with Crippen LogP contribution >= 0.6 is 0 Å². The maximum absolute atomic E-state index is 12.4. The fourth-order valence-corrected chi connectivity index (χ4v) is 3.80. The minimum Gasteiger partial charge on any atom is -0.379 e. The Kier molecular flexibility index (Phi) is 7.00. The van der Waals surface area contributed by atoms with E-state index in [2.05, 4.69) is 25.8 Å². The van der Waals surface area contributed by atoms with E-state index < -0.39 is 0 Å². The molecule has 0 unspecified atom stereocenters. The van der Waals surface area contributed by atoms with Gasteiger partial charge in [0, 0.05) is 45.1 Å². The molecule has 1 aromatic heterocycles. The molecule has 1 aromatic rings. The minimum atomic E-state index is -0.190. The van der Waals surface area contributed by atoms with Gasteiger partial charge in [-0.05, 0) is 25.0 Å². The summed E-state index contributed by atoms with van der Waals surface area (Å²) < 4.78 is 5.42. The zero-order chi connectivity index (χ0) is 19.0. The molecule has 1 saturated carbocycles. The number of ether oxygens (including phenoxy) is 1. The number of aromatic nitrogens is 1. The van der Waals surface area contributed by atoms with Crippen molar-refractivity contribution >= 4 is 11.9 Å². The van der Waals surface area contributed by atoms with E-state index in [1.54, 1.807) is 18.3 Å². The van der Waals surface area contributed by atoms with Gasteiger partial charge in [-0.3, -0.25) is 14.7 Å². The van der Waals surface area contributed by atoms with Crippen molar-refractivity contribution in [3.63, 3.8) is 0 Å². The molecule has 3 amide bonds. The number of nitrogens with zero attached hydrogens (tertiary/aromatic N) is 2. The van der Waals surface area contributed by atoms with E-state index >= 15 is 0 Å². The number of morpholine rings is 1. The topological polar surface area (TPSA) is 95.6 Å². The SMILES string of the molecule is O=C(NCCNC(=O)c1cccnc1)NC1(CN2CCOCC2)CCCC1. The molecule has 2 fully saturated rings. The molecule has 2 heterocycles. The van der Waals surface area contributed by atoms with Gasteiger partial charge in [-0.25, -0.2) is 4.79 Å². The van der Waals surface area contributed by atoms with Gasteiger partial charge >= 0.3 is 6.03 Å². The lowest BCUT2D eigenvalue weighted by Gasteiger charge is -2.37. The number of nitrogens with one attached hydrogen (secondary N) is 3. The van der Waals surface area contributed by atoms with Crippen molar-refractivity contribution in [3.8, 4) is 0 Å². The van der Waals surface area contributed by atoms with Crippen LogP contribution in [0.5, 0.6) is 0 Å². The van der Waals surface area contributed by atoms with Gasteiger partial charge in [-0.2, -0.15) is 0 Å². The fraction of sp³-hybridized carbons (Fsp3) is 0.632. The maximum Gasteiger partial charge on any atom is 0.315 e. The molecule has 0 radical (unpaired) electrons. The Morgan fingerprint density at radius 2 is 1.89 bits per heavy atom. The van der Waals surface area contributed by atoms with Crippen LogP contribution in [0.2, 0.25) is 0 Å². The Morgan fingerprint density at radius 1 is 1.15 bits per heavy atom. The zero-order valence-electron chi connectivity index (χ0n) is 15.7. The molecule has 0 aromatic carbocycles. The Balaban J connectivity index is 1.39. The molecule has 1 aliphatic carbocycles. The van der Waals surface area contributed by atoms with Crippen molar-refractivity contribution in [2.75, 3.05) is 45.9 Å². The van der Waals surface area contributed by atoms with Crippen LogP contribution in [0.25, 0.3) is 0 Å². The highest BCUT2D eigenvalue weighted by Gasteiger charge is 2.37. The van der Waals surface area contributed by atoms with Crippen LogP contribution in [0.3, 0.4) is 0 Å². The van der Waals surface area contributed by atoms with Crippen molar-refractivity contribution < 1.29 is 14.3 Å². The molecule has 3 rings (SSSR count). The van der Waals surface area contributed by atoms with Gasteiger partial charge in [0.15, 0.2) is 0 Å². The summed E-state index contributed by atoms with van der Waals surface area (Å²) in [6.07, 6.45) is 7.45. The number of hydrogen-bond acceptors (Lipinski definition) is 5. The second-order valence-electron chi connectivity index (χ2n) is 7.25. The van der Waals surface area contributed by atoms with Crippen molar-refractivity contribution in [2.45, 2.75) is 31.2 Å². The van der Waals surface area contributed by atoms with Gasteiger partial charge in [0.1, 0.15) is 0 Å². The van der Waals surface area contributed by atoms with E-state index in [-0.39, 0.29) is 17.5 Å². The molecule has 8 nitrogen and oxygen atoms in total. The lowest BCUT2D eigenvalue weighted by Crippen LogP contribution is -2.58. The molecule has 1 aliphatic heterocycles. The summed E-state index contributed by atoms with van der Waals surface area (Å²) in [6, 6.07) is 3.26. The molecular formula is C19H29N5O3. The average Bonchev–Trinajstić information content (AvgIpc) is 3.14. The number of carbonyl (C=O) groups is 2. The minimum absolute atomic E-state index is 0.152. The van der Waals surface area contributed by atoms with Gasteiger partial charge in [0.05, 0.1) is 24.3 Å². The number of amides is 3. The number of carbonyl (C=O) groups excluding carboxylic acids is 2. The average molecular weight is 375 g/mol. The molecule has 0 bridgehead atoms. The normalized spacial score (nSPS) is 19.4. The third-order valence-electron chi connectivity index (χ3n) is 5.19. The summed E-state index contributed by atoms with van der Waals surface area (Å²) in [4.78, 5) is 30.6. The Bertz CT molecular complexity index is 613. The smallest absolute Gasteiger partial charge is 0.315 e. The standard InChI is InChI=1S/C19H29N5O3/c25-17(16-4-3-7-20-14-16)21-8-9-22-18(26)23-19(5-1-2-6-19)15-24-10-12-27-13-11-24/h3-4,7,14H,1-2,5-6,8-13,15H2,(H,21,25)(H2,22,23,26).